The summed E-state index contributed by atoms with van der Waals surface area (Å²) in [6, 6.07) is 18.3. The molecular formula is C40H44O10. The van der Waals surface area contributed by atoms with Gasteiger partial charge in [-0.1, -0.05) is 88.4 Å². The van der Waals surface area contributed by atoms with E-state index in [9.17, 15) is 29.1 Å². The smallest absolute Gasteiger partial charge is 0.311 e. The Hall–Kier alpha value is -4.05. The number of carbonyl (C=O) groups excluding carboxylic acids is 5. The normalized spacial score (nSPS) is 43.2. The monoisotopic (exact) mass is 684 g/mol. The number of benzene rings is 2. The van der Waals surface area contributed by atoms with Crippen molar-refractivity contribution in [1.82, 2.24) is 0 Å². The summed E-state index contributed by atoms with van der Waals surface area (Å²) in [6.45, 7) is 10.2. The number of rotatable bonds is 9. The first-order chi connectivity index (χ1) is 23.5. The Morgan fingerprint density at radius 1 is 0.780 bits per heavy atom. The summed E-state index contributed by atoms with van der Waals surface area (Å²) in [5, 5.41) is 13.5. The third-order valence-corrected chi connectivity index (χ3v) is 14.4. The van der Waals surface area contributed by atoms with E-state index in [0.717, 1.165) is 11.1 Å². The number of carbonyl (C=O) groups is 5. The van der Waals surface area contributed by atoms with Gasteiger partial charge < -0.3 is 24.1 Å². The summed E-state index contributed by atoms with van der Waals surface area (Å²) in [4.78, 5) is 67.4. The van der Waals surface area contributed by atoms with Gasteiger partial charge in [0.1, 0.15) is 6.10 Å². The van der Waals surface area contributed by atoms with Crippen LogP contribution in [0, 0.1) is 51.8 Å². The molecule has 0 saturated heterocycles. The van der Waals surface area contributed by atoms with Crippen LogP contribution < -0.4 is 0 Å². The van der Waals surface area contributed by atoms with E-state index in [1.807, 2.05) is 81.4 Å². The van der Waals surface area contributed by atoms with E-state index in [4.69, 9.17) is 18.9 Å². The molecule has 12 atom stereocenters. The molecule has 2 aromatic rings. The number of fused-ring (bicyclic) bond motifs is 8. The lowest BCUT2D eigenvalue weighted by Gasteiger charge is -2.65. The highest BCUT2D eigenvalue weighted by atomic mass is 16.6. The first-order valence-corrected chi connectivity index (χ1v) is 17.6. The Labute approximate surface area is 291 Å². The molecule has 0 radical (unpaired) electrons. The molecule has 10 nitrogen and oxygen atoms in total. The lowest BCUT2D eigenvalue weighted by atomic mass is 9.37. The number of hydrogen-bond donors (Lipinski definition) is 1. The molecule has 8 rings (SSSR count). The molecule has 0 aliphatic heterocycles. The highest BCUT2D eigenvalue weighted by Crippen LogP contribution is 2.94. The second kappa shape index (κ2) is 10.3. The zero-order valence-electron chi connectivity index (χ0n) is 29.3. The fourth-order valence-corrected chi connectivity index (χ4v) is 12.8. The van der Waals surface area contributed by atoms with Crippen LogP contribution in [0.25, 0.3) is 0 Å². The molecule has 264 valence electrons. The zero-order chi connectivity index (χ0) is 35.8. The molecular weight excluding hydrogens is 640 g/mol. The second-order valence-electron chi connectivity index (χ2n) is 16.6. The molecule has 6 fully saturated rings. The molecule has 2 aromatic carbocycles. The Kier molecular flexibility index (Phi) is 6.80. The fraction of sp³-hybridized carbons (Fsp3) is 0.575. The van der Waals surface area contributed by atoms with E-state index in [1.54, 1.807) is 6.92 Å². The first kappa shape index (κ1) is 33.1. The van der Waals surface area contributed by atoms with Crippen LogP contribution >= 0.6 is 0 Å². The number of esters is 4. The fourth-order valence-electron chi connectivity index (χ4n) is 12.8. The summed E-state index contributed by atoms with van der Waals surface area (Å²) in [5.41, 5.74) is -5.82. The minimum Gasteiger partial charge on any atom is -0.465 e. The van der Waals surface area contributed by atoms with Crippen LogP contribution in [0.15, 0.2) is 60.7 Å². The summed E-state index contributed by atoms with van der Waals surface area (Å²) < 4.78 is 24.7. The molecule has 6 aliphatic rings. The average molecular weight is 685 g/mol. The largest absolute Gasteiger partial charge is 0.465 e. The van der Waals surface area contributed by atoms with Gasteiger partial charge in [-0.05, 0) is 28.9 Å². The van der Waals surface area contributed by atoms with Crippen LogP contribution in [0.3, 0.4) is 0 Å². The van der Waals surface area contributed by atoms with E-state index in [-0.39, 0.29) is 37.6 Å². The maximum Gasteiger partial charge on any atom is 0.311 e. The Morgan fingerprint density at radius 3 is 1.92 bits per heavy atom. The van der Waals surface area contributed by atoms with Crippen molar-refractivity contribution in [1.29, 1.82) is 0 Å². The highest BCUT2D eigenvalue weighted by Gasteiger charge is 3.02. The van der Waals surface area contributed by atoms with Gasteiger partial charge in [-0.3, -0.25) is 24.0 Å². The van der Waals surface area contributed by atoms with Crippen molar-refractivity contribution < 1.29 is 48.0 Å². The van der Waals surface area contributed by atoms with Crippen LogP contribution in [0.5, 0.6) is 0 Å². The topological polar surface area (TPSA) is 142 Å². The van der Waals surface area contributed by atoms with E-state index in [0.29, 0.717) is 0 Å². The van der Waals surface area contributed by atoms with E-state index in [2.05, 4.69) is 0 Å². The van der Waals surface area contributed by atoms with Crippen molar-refractivity contribution in [3.63, 3.8) is 0 Å². The van der Waals surface area contributed by atoms with Crippen molar-refractivity contribution in [2.75, 3.05) is 6.61 Å². The van der Waals surface area contributed by atoms with Gasteiger partial charge in [-0.2, -0.15) is 0 Å². The molecule has 1 N–H and O–H groups in total. The highest BCUT2D eigenvalue weighted by molar-refractivity contribution is 6.03. The summed E-state index contributed by atoms with van der Waals surface area (Å²) in [5.74, 6) is -5.73. The number of aliphatic hydroxyl groups is 1. The number of ketones is 1. The predicted molar refractivity (Wildman–Crippen MR) is 176 cm³/mol. The maximum atomic E-state index is 14.8. The maximum absolute atomic E-state index is 14.8. The van der Waals surface area contributed by atoms with Gasteiger partial charge in [0.05, 0.1) is 25.0 Å². The first-order valence-electron chi connectivity index (χ1n) is 17.6. The number of hydrogen-bond acceptors (Lipinski definition) is 10. The molecule has 2 bridgehead atoms. The van der Waals surface area contributed by atoms with Crippen molar-refractivity contribution >= 4 is 29.7 Å². The molecule has 50 heavy (non-hydrogen) atoms. The van der Waals surface area contributed by atoms with E-state index >= 15 is 0 Å². The van der Waals surface area contributed by atoms with Gasteiger partial charge >= 0.3 is 23.9 Å². The van der Waals surface area contributed by atoms with Crippen molar-refractivity contribution in [3.8, 4) is 0 Å². The minimum atomic E-state index is -1.68. The molecule has 0 amide bonds. The van der Waals surface area contributed by atoms with Gasteiger partial charge in [0.2, 0.25) is 0 Å². The summed E-state index contributed by atoms with van der Waals surface area (Å²) >= 11 is 0. The molecule has 0 aromatic heterocycles. The van der Waals surface area contributed by atoms with E-state index < -0.39 is 92.6 Å². The lowest BCUT2D eigenvalue weighted by Crippen LogP contribution is -2.67. The average Bonchev–Trinajstić information content (AvgIpc) is 3.26. The number of Topliss-reactive ketones (excluding diaryl/α,β-unsaturated/α-hetero) is 1. The zero-order valence-corrected chi connectivity index (χ0v) is 29.3. The molecule has 6 saturated carbocycles. The van der Waals surface area contributed by atoms with Crippen LogP contribution in [0.1, 0.15) is 59.1 Å². The quantitative estimate of drug-likeness (QED) is 0.304. The Balaban J connectivity index is 1.25. The van der Waals surface area contributed by atoms with Gasteiger partial charge in [0, 0.05) is 54.3 Å². The summed E-state index contributed by atoms with van der Waals surface area (Å²) in [6.07, 6.45) is -1.04. The van der Waals surface area contributed by atoms with Crippen LogP contribution in [0.4, 0.5) is 0 Å². The summed E-state index contributed by atoms with van der Waals surface area (Å²) in [7, 11) is 0. The molecule has 0 spiro atoms. The second-order valence-corrected chi connectivity index (χ2v) is 16.6. The van der Waals surface area contributed by atoms with Crippen LogP contribution in [0.2, 0.25) is 0 Å². The van der Waals surface area contributed by atoms with Gasteiger partial charge in [0.15, 0.2) is 17.0 Å². The Morgan fingerprint density at radius 2 is 1.36 bits per heavy atom. The van der Waals surface area contributed by atoms with Gasteiger partial charge in [-0.15, -0.1) is 0 Å². The van der Waals surface area contributed by atoms with Gasteiger partial charge in [0.25, 0.3) is 0 Å². The van der Waals surface area contributed by atoms with E-state index in [1.165, 1.54) is 13.8 Å². The SMILES string of the molecule is CC(=O)OC[C@]12C[C@@]3(OC(=O)Cc4ccccc4)C(=O)[C@@]1(C)[C@H]1[C@H]2[C@H]2[C@@H]4C(C)(C)[C@]4(OC(C)=O)[C@H](OC(=O)Cc4ccccc4)[C@@H](C)[C@]2(O)[C@H]13. The van der Waals surface area contributed by atoms with Crippen molar-refractivity contribution in [2.45, 2.75) is 83.7 Å². The van der Waals surface area contributed by atoms with Crippen molar-refractivity contribution in [2.24, 2.45) is 51.8 Å². The van der Waals surface area contributed by atoms with Crippen molar-refractivity contribution in [3.05, 3.63) is 71.8 Å². The van der Waals surface area contributed by atoms with Gasteiger partial charge in [-0.25, -0.2) is 0 Å². The minimum absolute atomic E-state index is 0.0229. The predicted octanol–water partition coefficient (Wildman–Crippen LogP) is 4.04. The Bertz CT molecular complexity index is 1820. The number of ether oxygens (including phenoxy) is 4. The van der Waals surface area contributed by atoms with Crippen LogP contribution in [-0.4, -0.2) is 64.3 Å². The molecule has 10 heteroatoms. The standard InChI is InChI=1S/C40H44O10/c1-21-33(48-26(43)17-24-13-9-7-10-14-24)40(49-23(3)42)31(35(40,4)5)30-28-29-32(39(21,30)46)38(50-27(44)18-25-15-11-8-12-16-25)19-37(28,20-47-22(2)41)36(29,6)34(38)45/h7-16,21,28-33,46H,17-20H2,1-6H3/t21-,28+,29+,30+,31-,32-,33-,36-,37+,38+,39-,40-/m1/s1. The molecule has 0 heterocycles. The third kappa shape index (κ3) is 3.70. The third-order valence-electron chi connectivity index (χ3n) is 14.4. The van der Waals surface area contributed by atoms with Crippen LogP contribution in [-0.2, 0) is 55.8 Å². The molecule has 6 aliphatic carbocycles. The lowest BCUT2D eigenvalue weighted by molar-refractivity contribution is -0.242. The molecule has 0 unspecified atom stereocenters.